The predicted octanol–water partition coefficient (Wildman–Crippen LogP) is 6.15. The largest absolute Gasteiger partial charge is 0.481 e. The minimum atomic E-state index is -1.18. The summed E-state index contributed by atoms with van der Waals surface area (Å²) < 4.78 is 0. The smallest absolute Gasteiger partial charge is 0.328 e. The van der Waals surface area contributed by atoms with E-state index in [1.165, 1.54) is 4.90 Å². The number of benzene rings is 3. The molecule has 0 aromatic heterocycles. The lowest BCUT2D eigenvalue weighted by Gasteiger charge is -2.29. The van der Waals surface area contributed by atoms with Crippen LogP contribution in [0.5, 0.6) is 0 Å². The second-order valence-electron chi connectivity index (χ2n) is 11.8. The number of amides is 4. The fourth-order valence-electron chi connectivity index (χ4n) is 5.24. The minimum absolute atomic E-state index is 0.0142. The maximum Gasteiger partial charge on any atom is 0.328 e. The minimum Gasteiger partial charge on any atom is -0.481 e. The molecule has 0 unspecified atom stereocenters. The molecule has 8 nitrogen and oxygen atoms in total. The van der Waals surface area contributed by atoms with Crippen molar-refractivity contribution in [1.82, 2.24) is 15.1 Å². The monoisotopic (exact) mass is 581 g/mol. The number of hydrogen-bond acceptors (Lipinski definition) is 4. The molecule has 0 aliphatic carbocycles. The van der Waals surface area contributed by atoms with Crippen LogP contribution in [0.4, 0.5) is 4.79 Å². The fraction of sp³-hybridized carbons (Fsp3) is 0.314. The van der Waals surface area contributed by atoms with Gasteiger partial charge in [0, 0.05) is 6.54 Å². The van der Waals surface area contributed by atoms with E-state index in [9.17, 15) is 24.3 Å². The van der Waals surface area contributed by atoms with Crippen molar-refractivity contribution < 1.29 is 24.3 Å². The molecule has 1 aliphatic heterocycles. The second-order valence-corrected chi connectivity index (χ2v) is 11.8. The lowest BCUT2D eigenvalue weighted by molar-refractivity contribution is -0.140. The molecule has 3 aromatic carbocycles. The Morgan fingerprint density at radius 2 is 1.42 bits per heavy atom. The van der Waals surface area contributed by atoms with Gasteiger partial charge in [0.15, 0.2) is 0 Å². The van der Waals surface area contributed by atoms with Crippen molar-refractivity contribution in [3.63, 3.8) is 0 Å². The zero-order chi connectivity index (χ0) is 31.1. The average Bonchev–Trinajstić information content (AvgIpc) is 3.14. The lowest BCUT2D eigenvalue weighted by Crippen LogP contribution is -2.52. The van der Waals surface area contributed by atoms with Crippen molar-refractivity contribution in [3.05, 3.63) is 107 Å². The van der Waals surface area contributed by atoms with E-state index in [1.54, 1.807) is 44.2 Å². The Balaban J connectivity index is 1.54. The number of carboxylic acid groups (broad SMARTS) is 1. The van der Waals surface area contributed by atoms with E-state index in [0.717, 1.165) is 21.6 Å². The summed E-state index contributed by atoms with van der Waals surface area (Å²) >= 11 is 0. The highest BCUT2D eigenvalue weighted by atomic mass is 16.4. The van der Waals surface area contributed by atoms with Crippen LogP contribution in [0, 0.1) is 5.92 Å². The molecule has 0 radical (unpaired) electrons. The number of carbonyl (C=O) groups is 4. The van der Waals surface area contributed by atoms with Crippen LogP contribution in [0.2, 0.25) is 0 Å². The van der Waals surface area contributed by atoms with Gasteiger partial charge < -0.3 is 15.3 Å². The number of urea groups is 1. The summed E-state index contributed by atoms with van der Waals surface area (Å²) in [4.78, 5) is 55.5. The van der Waals surface area contributed by atoms with E-state index in [0.29, 0.717) is 5.56 Å². The molecule has 0 spiro atoms. The zero-order valence-corrected chi connectivity index (χ0v) is 25.1. The Kier molecular flexibility index (Phi) is 9.80. The van der Waals surface area contributed by atoms with E-state index < -0.39 is 41.4 Å². The molecule has 1 saturated heterocycles. The average molecular weight is 582 g/mol. The summed E-state index contributed by atoms with van der Waals surface area (Å²) in [6.45, 7) is 7.39. The third-order valence-corrected chi connectivity index (χ3v) is 7.65. The first-order chi connectivity index (χ1) is 20.5. The summed E-state index contributed by atoms with van der Waals surface area (Å²) in [6.07, 6.45) is 3.94. The normalized spacial score (nSPS) is 16.1. The van der Waals surface area contributed by atoms with E-state index >= 15 is 0 Å². The van der Waals surface area contributed by atoms with Crippen LogP contribution >= 0.6 is 0 Å². The van der Waals surface area contributed by atoms with Crippen LogP contribution in [-0.4, -0.2) is 50.3 Å². The molecule has 224 valence electrons. The van der Waals surface area contributed by atoms with Gasteiger partial charge in [-0.1, -0.05) is 111 Å². The zero-order valence-electron chi connectivity index (χ0n) is 25.1. The number of rotatable bonds is 12. The molecule has 2 N–H and O–H groups in total. The number of imide groups is 1. The van der Waals surface area contributed by atoms with Gasteiger partial charge in [-0.3, -0.25) is 14.4 Å². The predicted molar refractivity (Wildman–Crippen MR) is 166 cm³/mol. The summed E-state index contributed by atoms with van der Waals surface area (Å²) in [5.41, 5.74) is 2.39. The molecule has 1 fully saturated rings. The Bertz CT molecular complexity index is 1470. The van der Waals surface area contributed by atoms with Crippen molar-refractivity contribution in [2.45, 2.75) is 64.7 Å². The third kappa shape index (κ3) is 7.57. The van der Waals surface area contributed by atoms with E-state index in [-0.39, 0.29) is 25.3 Å². The molecular formula is C35H39N3O5. The molecule has 2 atom stereocenters. The van der Waals surface area contributed by atoms with Crippen LogP contribution in [0.15, 0.2) is 84.9 Å². The fourth-order valence-corrected chi connectivity index (χ4v) is 5.24. The Labute approximate surface area is 253 Å². The van der Waals surface area contributed by atoms with Crippen LogP contribution in [-0.2, 0) is 20.9 Å². The van der Waals surface area contributed by atoms with Gasteiger partial charge in [-0.15, -0.1) is 0 Å². The van der Waals surface area contributed by atoms with Crippen LogP contribution in [0.3, 0.4) is 0 Å². The molecular weight excluding hydrogens is 542 g/mol. The quantitative estimate of drug-likeness (QED) is 0.197. The molecule has 0 bridgehead atoms. The lowest BCUT2D eigenvalue weighted by atomic mass is 9.98. The Morgan fingerprint density at radius 1 is 0.860 bits per heavy atom. The summed E-state index contributed by atoms with van der Waals surface area (Å²) in [5, 5.41) is 12.3. The molecule has 1 aliphatic rings. The summed E-state index contributed by atoms with van der Waals surface area (Å²) in [7, 11) is 0. The number of nitrogens with one attached hydrogen (secondary N) is 1. The molecule has 4 rings (SSSR count). The van der Waals surface area contributed by atoms with Gasteiger partial charge >= 0.3 is 12.0 Å². The SMILES string of the molecule is CC(C)C[C@H](C(=O)N[C@H](CC(=O)O)c1ccccc1)N1C(=O)N(Cc2ccc(/C=C/c3ccccc3)cc2)C(C)(C)C1=O. The van der Waals surface area contributed by atoms with Gasteiger partial charge in [-0.2, -0.15) is 0 Å². The maximum absolute atomic E-state index is 13.9. The summed E-state index contributed by atoms with van der Waals surface area (Å²) in [5.74, 6) is -2.11. The first-order valence-corrected chi connectivity index (χ1v) is 14.5. The molecule has 4 amide bonds. The van der Waals surface area contributed by atoms with Gasteiger partial charge in [-0.05, 0) is 48.4 Å². The van der Waals surface area contributed by atoms with Crippen molar-refractivity contribution in [2.24, 2.45) is 5.92 Å². The number of carbonyl (C=O) groups excluding carboxylic acids is 3. The van der Waals surface area contributed by atoms with Gasteiger partial charge in [0.1, 0.15) is 11.6 Å². The molecule has 0 saturated carbocycles. The Morgan fingerprint density at radius 3 is 1.98 bits per heavy atom. The van der Waals surface area contributed by atoms with Crippen LogP contribution < -0.4 is 5.32 Å². The van der Waals surface area contributed by atoms with Crippen molar-refractivity contribution in [3.8, 4) is 0 Å². The third-order valence-electron chi connectivity index (χ3n) is 7.65. The van der Waals surface area contributed by atoms with Crippen LogP contribution in [0.1, 0.15) is 68.8 Å². The van der Waals surface area contributed by atoms with E-state index in [1.807, 2.05) is 80.6 Å². The standard InChI is InChI=1S/C35H39N3O5/c1-24(2)21-30(32(41)36-29(22-31(39)40)28-13-9-6-10-14-28)38-33(42)35(3,4)37(34(38)43)23-27-19-17-26(18-20-27)16-15-25-11-7-5-8-12-25/h5-20,24,29-30H,21-23H2,1-4H3,(H,36,41)(H,39,40)/b16-15+/t29-,30-/m1/s1. The maximum atomic E-state index is 13.9. The number of hydrogen-bond donors (Lipinski definition) is 2. The highest BCUT2D eigenvalue weighted by Crippen LogP contribution is 2.33. The number of aliphatic carboxylic acids is 1. The molecule has 1 heterocycles. The number of carboxylic acids is 1. The first kappa shape index (κ1) is 31.2. The van der Waals surface area contributed by atoms with Gasteiger partial charge in [-0.25, -0.2) is 9.69 Å². The topological polar surface area (TPSA) is 107 Å². The van der Waals surface area contributed by atoms with E-state index in [4.69, 9.17) is 0 Å². The van der Waals surface area contributed by atoms with Crippen molar-refractivity contribution >= 4 is 36.0 Å². The van der Waals surface area contributed by atoms with Gasteiger partial charge in [0.2, 0.25) is 5.91 Å². The highest BCUT2D eigenvalue weighted by molar-refractivity contribution is 6.09. The second kappa shape index (κ2) is 13.5. The molecule has 43 heavy (non-hydrogen) atoms. The molecule has 8 heteroatoms. The molecule has 3 aromatic rings. The number of nitrogens with zero attached hydrogens (tertiary/aromatic N) is 2. The van der Waals surface area contributed by atoms with Gasteiger partial charge in [0.05, 0.1) is 12.5 Å². The van der Waals surface area contributed by atoms with Crippen molar-refractivity contribution in [1.29, 1.82) is 0 Å². The highest BCUT2D eigenvalue weighted by Gasteiger charge is 2.54. The van der Waals surface area contributed by atoms with Gasteiger partial charge in [0.25, 0.3) is 5.91 Å². The first-order valence-electron chi connectivity index (χ1n) is 14.5. The summed E-state index contributed by atoms with van der Waals surface area (Å²) in [6, 6.07) is 24.1. The van der Waals surface area contributed by atoms with E-state index in [2.05, 4.69) is 5.32 Å². The van der Waals surface area contributed by atoms with Crippen molar-refractivity contribution in [2.75, 3.05) is 0 Å². The van der Waals surface area contributed by atoms with Crippen LogP contribution in [0.25, 0.3) is 12.2 Å². The Hall–Kier alpha value is -4.72.